The molecule has 3 aromatic rings. The Balaban J connectivity index is 1.70. The number of hydrogen-bond donors (Lipinski definition) is 1. The SMILES string of the molecule is CNc1nc(-c2ccc(OCCCOC(C)=O)cc2)cc2nccnc12. The number of ether oxygens (including phenoxy) is 2. The van der Waals surface area contributed by atoms with Crippen LogP contribution in [0.5, 0.6) is 5.75 Å². The zero-order valence-corrected chi connectivity index (χ0v) is 14.7. The summed E-state index contributed by atoms with van der Waals surface area (Å²) in [5.41, 5.74) is 3.30. The van der Waals surface area contributed by atoms with E-state index in [9.17, 15) is 4.79 Å². The highest BCUT2D eigenvalue weighted by Gasteiger charge is 2.08. The number of anilines is 1. The number of esters is 1. The van der Waals surface area contributed by atoms with E-state index in [0.29, 0.717) is 25.5 Å². The summed E-state index contributed by atoms with van der Waals surface area (Å²) in [4.78, 5) is 24.0. The molecule has 0 aliphatic heterocycles. The molecular formula is C19H20N4O3. The van der Waals surface area contributed by atoms with Crippen LogP contribution in [0.3, 0.4) is 0 Å². The lowest BCUT2D eigenvalue weighted by Crippen LogP contribution is -2.05. The highest BCUT2D eigenvalue weighted by molar-refractivity contribution is 5.88. The third-order valence-electron chi connectivity index (χ3n) is 3.71. The van der Waals surface area contributed by atoms with Gasteiger partial charge in [0.2, 0.25) is 0 Å². The van der Waals surface area contributed by atoms with Crippen LogP contribution in [0.4, 0.5) is 5.82 Å². The Kier molecular flexibility index (Phi) is 5.58. The van der Waals surface area contributed by atoms with Crippen LogP contribution in [-0.4, -0.2) is 41.2 Å². The van der Waals surface area contributed by atoms with Gasteiger partial charge in [0.25, 0.3) is 0 Å². The predicted octanol–water partition coefficient (Wildman–Crippen LogP) is 3.07. The quantitative estimate of drug-likeness (QED) is 0.516. The minimum absolute atomic E-state index is 0.275. The maximum atomic E-state index is 10.7. The number of aromatic nitrogens is 3. The first kappa shape index (κ1) is 17.6. The number of carbonyl (C=O) groups is 1. The molecule has 7 nitrogen and oxygen atoms in total. The van der Waals surface area contributed by atoms with Gasteiger partial charge in [-0.1, -0.05) is 0 Å². The first-order chi connectivity index (χ1) is 12.7. The fraction of sp³-hybridized carbons (Fsp3) is 0.263. The molecule has 134 valence electrons. The van der Waals surface area contributed by atoms with Gasteiger partial charge in [-0.25, -0.2) is 9.97 Å². The molecule has 0 amide bonds. The summed E-state index contributed by atoms with van der Waals surface area (Å²) >= 11 is 0. The molecule has 7 heteroatoms. The second-order valence-corrected chi connectivity index (χ2v) is 5.60. The van der Waals surface area contributed by atoms with Gasteiger partial charge in [-0.15, -0.1) is 0 Å². The summed E-state index contributed by atoms with van der Waals surface area (Å²) in [6, 6.07) is 9.60. The van der Waals surface area contributed by atoms with Gasteiger partial charge in [-0.3, -0.25) is 9.78 Å². The van der Waals surface area contributed by atoms with Gasteiger partial charge in [0.05, 0.1) is 24.4 Å². The van der Waals surface area contributed by atoms with Crippen molar-refractivity contribution in [1.82, 2.24) is 15.0 Å². The van der Waals surface area contributed by atoms with Crippen LogP contribution >= 0.6 is 0 Å². The highest BCUT2D eigenvalue weighted by atomic mass is 16.5. The summed E-state index contributed by atoms with van der Waals surface area (Å²) in [6.45, 7) is 2.24. The Morgan fingerprint density at radius 1 is 1.12 bits per heavy atom. The summed E-state index contributed by atoms with van der Waals surface area (Å²) in [5.74, 6) is 1.17. The molecule has 0 atom stereocenters. The molecule has 0 spiro atoms. The number of nitrogens with one attached hydrogen (secondary N) is 1. The van der Waals surface area contributed by atoms with Gasteiger partial charge in [0.1, 0.15) is 11.3 Å². The summed E-state index contributed by atoms with van der Waals surface area (Å²) in [6.07, 6.45) is 3.97. The number of nitrogens with zero attached hydrogens (tertiary/aromatic N) is 3. The molecule has 26 heavy (non-hydrogen) atoms. The maximum absolute atomic E-state index is 10.7. The Labute approximate surface area is 151 Å². The first-order valence-corrected chi connectivity index (χ1v) is 8.33. The molecule has 0 unspecified atom stereocenters. The minimum atomic E-state index is -0.275. The fourth-order valence-electron chi connectivity index (χ4n) is 2.48. The van der Waals surface area contributed by atoms with E-state index < -0.39 is 0 Å². The van der Waals surface area contributed by atoms with E-state index in [1.54, 1.807) is 12.4 Å². The van der Waals surface area contributed by atoms with Crippen molar-refractivity contribution in [1.29, 1.82) is 0 Å². The van der Waals surface area contributed by atoms with Gasteiger partial charge in [0, 0.05) is 38.3 Å². The lowest BCUT2D eigenvalue weighted by atomic mass is 10.1. The van der Waals surface area contributed by atoms with Crippen LogP contribution in [0.15, 0.2) is 42.7 Å². The van der Waals surface area contributed by atoms with E-state index in [4.69, 9.17) is 9.47 Å². The lowest BCUT2D eigenvalue weighted by molar-refractivity contribution is -0.141. The molecule has 0 bridgehead atoms. The topological polar surface area (TPSA) is 86.2 Å². The third-order valence-corrected chi connectivity index (χ3v) is 3.71. The Morgan fingerprint density at radius 2 is 1.88 bits per heavy atom. The van der Waals surface area contributed by atoms with Gasteiger partial charge >= 0.3 is 5.97 Å². The Morgan fingerprint density at radius 3 is 2.62 bits per heavy atom. The molecule has 0 aliphatic carbocycles. The fourth-order valence-corrected chi connectivity index (χ4v) is 2.48. The zero-order valence-electron chi connectivity index (χ0n) is 14.7. The van der Waals surface area contributed by atoms with E-state index in [-0.39, 0.29) is 5.97 Å². The molecule has 1 N–H and O–H groups in total. The van der Waals surface area contributed by atoms with E-state index in [1.165, 1.54) is 6.92 Å². The number of fused-ring (bicyclic) bond motifs is 1. The van der Waals surface area contributed by atoms with Crippen molar-refractivity contribution in [2.75, 3.05) is 25.6 Å². The number of benzene rings is 1. The Hall–Kier alpha value is -3.22. The molecule has 2 heterocycles. The largest absolute Gasteiger partial charge is 0.493 e. The minimum Gasteiger partial charge on any atom is -0.493 e. The molecule has 0 radical (unpaired) electrons. The van der Waals surface area contributed by atoms with E-state index in [0.717, 1.165) is 28.0 Å². The first-order valence-electron chi connectivity index (χ1n) is 8.33. The van der Waals surface area contributed by atoms with Crippen LogP contribution in [0.25, 0.3) is 22.3 Å². The average molecular weight is 352 g/mol. The van der Waals surface area contributed by atoms with Crippen molar-refractivity contribution in [3.05, 3.63) is 42.7 Å². The van der Waals surface area contributed by atoms with Crippen molar-refractivity contribution in [3.63, 3.8) is 0 Å². The van der Waals surface area contributed by atoms with Gasteiger partial charge in [0.15, 0.2) is 5.82 Å². The molecule has 1 aromatic carbocycles. The van der Waals surface area contributed by atoms with Gasteiger partial charge in [-0.2, -0.15) is 0 Å². The molecule has 0 saturated heterocycles. The van der Waals surface area contributed by atoms with Crippen LogP contribution in [0.1, 0.15) is 13.3 Å². The van der Waals surface area contributed by atoms with Crippen LogP contribution in [-0.2, 0) is 9.53 Å². The standard InChI is InChI=1S/C19H20N4O3/c1-13(24)25-10-3-11-26-15-6-4-14(5-7-15)16-12-17-18(19(20-2)23-16)22-9-8-21-17/h4-9,12H,3,10-11H2,1-2H3,(H,20,23). The average Bonchev–Trinajstić information content (AvgIpc) is 2.67. The second kappa shape index (κ2) is 8.24. The molecule has 0 aliphatic rings. The molecule has 0 saturated carbocycles. The summed E-state index contributed by atoms with van der Waals surface area (Å²) in [5, 5.41) is 3.07. The second-order valence-electron chi connectivity index (χ2n) is 5.60. The van der Waals surface area contributed by atoms with Crippen molar-refractivity contribution in [3.8, 4) is 17.0 Å². The maximum Gasteiger partial charge on any atom is 0.302 e. The third kappa shape index (κ3) is 4.24. The molecule has 3 rings (SSSR count). The number of hydrogen-bond acceptors (Lipinski definition) is 7. The Bertz CT molecular complexity index is 897. The molecule has 2 aromatic heterocycles. The van der Waals surface area contributed by atoms with Crippen molar-refractivity contribution in [2.45, 2.75) is 13.3 Å². The van der Waals surface area contributed by atoms with Crippen molar-refractivity contribution < 1.29 is 14.3 Å². The van der Waals surface area contributed by atoms with E-state index in [2.05, 4.69) is 20.3 Å². The van der Waals surface area contributed by atoms with Crippen LogP contribution < -0.4 is 10.1 Å². The van der Waals surface area contributed by atoms with Crippen molar-refractivity contribution >= 4 is 22.8 Å². The van der Waals surface area contributed by atoms with Crippen molar-refractivity contribution in [2.24, 2.45) is 0 Å². The van der Waals surface area contributed by atoms with Crippen LogP contribution in [0.2, 0.25) is 0 Å². The summed E-state index contributed by atoms with van der Waals surface area (Å²) in [7, 11) is 1.81. The summed E-state index contributed by atoms with van der Waals surface area (Å²) < 4.78 is 10.5. The van der Waals surface area contributed by atoms with Gasteiger partial charge < -0.3 is 14.8 Å². The molecule has 0 fully saturated rings. The number of pyridine rings is 1. The number of rotatable bonds is 7. The highest BCUT2D eigenvalue weighted by Crippen LogP contribution is 2.26. The monoisotopic (exact) mass is 352 g/mol. The number of carbonyl (C=O) groups excluding carboxylic acids is 1. The zero-order chi connectivity index (χ0) is 18.4. The smallest absolute Gasteiger partial charge is 0.302 e. The van der Waals surface area contributed by atoms with Gasteiger partial charge in [-0.05, 0) is 30.3 Å². The predicted molar refractivity (Wildman–Crippen MR) is 99.1 cm³/mol. The molecular weight excluding hydrogens is 332 g/mol. The van der Waals surface area contributed by atoms with Crippen LogP contribution in [0, 0.1) is 0 Å². The normalized spacial score (nSPS) is 10.5. The van der Waals surface area contributed by atoms with E-state index in [1.807, 2.05) is 37.4 Å². The lowest BCUT2D eigenvalue weighted by Gasteiger charge is -2.09. The van der Waals surface area contributed by atoms with E-state index >= 15 is 0 Å².